The third-order valence-corrected chi connectivity index (χ3v) is 4.20. The highest BCUT2D eigenvalue weighted by atomic mass is 16.5. The number of ether oxygens (including phenoxy) is 1. The maximum absolute atomic E-state index is 12.3. The highest BCUT2D eigenvalue weighted by Crippen LogP contribution is 2.19. The largest absolute Gasteiger partial charge is 0.486 e. The summed E-state index contributed by atoms with van der Waals surface area (Å²) >= 11 is 0. The fraction of sp³-hybridized carbons (Fsp3) is 0.529. The van der Waals surface area contributed by atoms with Crippen molar-refractivity contribution in [1.29, 1.82) is 0 Å². The van der Waals surface area contributed by atoms with Crippen molar-refractivity contribution in [1.82, 2.24) is 25.5 Å². The molecule has 0 unspecified atom stereocenters. The Hall–Kier alpha value is -2.44. The SMILES string of the molecule is CC(C)n1nnnc1COc1cccc(C(=O)NC2CCCC2)c1. The molecule has 1 N–H and O–H groups in total. The van der Waals surface area contributed by atoms with E-state index in [1.165, 1.54) is 12.8 Å². The Morgan fingerprint density at radius 1 is 1.38 bits per heavy atom. The first-order valence-electron chi connectivity index (χ1n) is 8.44. The van der Waals surface area contributed by atoms with E-state index in [1.54, 1.807) is 16.8 Å². The van der Waals surface area contributed by atoms with Gasteiger partial charge in [0.25, 0.3) is 5.91 Å². The molecule has 7 heteroatoms. The van der Waals surface area contributed by atoms with E-state index in [4.69, 9.17) is 4.74 Å². The van der Waals surface area contributed by atoms with E-state index in [9.17, 15) is 4.79 Å². The van der Waals surface area contributed by atoms with Crippen molar-refractivity contribution in [2.75, 3.05) is 0 Å². The molecule has 0 radical (unpaired) electrons. The summed E-state index contributed by atoms with van der Waals surface area (Å²) in [6, 6.07) is 7.68. The molecule has 1 aromatic carbocycles. The fourth-order valence-corrected chi connectivity index (χ4v) is 2.92. The molecule has 1 heterocycles. The van der Waals surface area contributed by atoms with Crippen LogP contribution in [0.15, 0.2) is 24.3 Å². The molecule has 7 nitrogen and oxygen atoms in total. The van der Waals surface area contributed by atoms with Gasteiger partial charge >= 0.3 is 0 Å². The van der Waals surface area contributed by atoms with E-state index in [0.717, 1.165) is 12.8 Å². The van der Waals surface area contributed by atoms with Crippen molar-refractivity contribution < 1.29 is 9.53 Å². The summed E-state index contributed by atoms with van der Waals surface area (Å²) in [6.45, 7) is 4.28. The fourth-order valence-electron chi connectivity index (χ4n) is 2.92. The second kappa shape index (κ2) is 7.42. The lowest BCUT2D eigenvalue weighted by molar-refractivity contribution is 0.0937. The van der Waals surface area contributed by atoms with Crippen LogP contribution in [0.1, 0.15) is 61.8 Å². The minimum Gasteiger partial charge on any atom is -0.486 e. The van der Waals surface area contributed by atoms with Gasteiger partial charge in [0.15, 0.2) is 5.82 Å². The number of aromatic nitrogens is 4. The Bertz CT molecular complexity index is 692. The average Bonchev–Trinajstić information content (AvgIpc) is 3.24. The zero-order valence-electron chi connectivity index (χ0n) is 14.1. The molecular formula is C17H23N5O2. The van der Waals surface area contributed by atoms with Gasteiger partial charge in [0.1, 0.15) is 12.4 Å². The van der Waals surface area contributed by atoms with E-state index >= 15 is 0 Å². The number of carbonyl (C=O) groups excluding carboxylic acids is 1. The molecule has 128 valence electrons. The van der Waals surface area contributed by atoms with Crippen LogP contribution in [-0.2, 0) is 6.61 Å². The molecule has 1 aliphatic rings. The summed E-state index contributed by atoms with van der Waals surface area (Å²) in [5.41, 5.74) is 0.614. The molecule has 1 fully saturated rings. The molecule has 3 rings (SSSR count). The second-order valence-electron chi connectivity index (χ2n) is 6.40. The molecule has 0 saturated heterocycles. The molecule has 0 spiro atoms. The van der Waals surface area contributed by atoms with Crippen molar-refractivity contribution in [3.63, 3.8) is 0 Å². The Labute approximate surface area is 141 Å². The van der Waals surface area contributed by atoms with Gasteiger partial charge in [0.05, 0.1) is 6.04 Å². The first kappa shape index (κ1) is 16.4. The molecule has 1 saturated carbocycles. The molecule has 0 aliphatic heterocycles. The van der Waals surface area contributed by atoms with E-state index in [0.29, 0.717) is 23.2 Å². The van der Waals surface area contributed by atoms with Gasteiger partial charge in [-0.2, -0.15) is 0 Å². The van der Waals surface area contributed by atoms with E-state index in [1.807, 2.05) is 26.0 Å². The van der Waals surface area contributed by atoms with Crippen molar-refractivity contribution in [2.45, 2.75) is 58.2 Å². The van der Waals surface area contributed by atoms with Crippen molar-refractivity contribution >= 4 is 5.91 Å². The number of nitrogens with one attached hydrogen (secondary N) is 1. The molecule has 0 atom stereocenters. The van der Waals surface area contributed by atoms with Crippen LogP contribution in [0.4, 0.5) is 0 Å². The number of hydrogen-bond donors (Lipinski definition) is 1. The van der Waals surface area contributed by atoms with Gasteiger partial charge in [-0.25, -0.2) is 4.68 Å². The number of tetrazole rings is 1. The number of nitrogens with zero attached hydrogens (tertiary/aromatic N) is 4. The molecular weight excluding hydrogens is 306 g/mol. The number of amides is 1. The lowest BCUT2D eigenvalue weighted by Crippen LogP contribution is -2.32. The molecule has 2 aromatic rings. The summed E-state index contributed by atoms with van der Waals surface area (Å²) in [6.07, 6.45) is 4.52. The maximum atomic E-state index is 12.3. The minimum absolute atomic E-state index is 0.0423. The van der Waals surface area contributed by atoms with Crippen LogP contribution in [0.2, 0.25) is 0 Å². The van der Waals surface area contributed by atoms with Crippen molar-refractivity contribution in [2.24, 2.45) is 0 Å². The number of hydrogen-bond acceptors (Lipinski definition) is 5. The quantitative estimate of drug-likeness (QED) is 0.880. The van der Waals surface area contributed by atoms with Crippen LogP contribution in [0.25, 0.3) is 0 Å². The van der Waals surface area contributed by atoms with Gasteiger partial charge < -0.3 is 10.1 Å². The lowest BCUT2D eigenvalue weighted by atomic mass is 10.1. The van der Waals surface area contributed by atoms with Crippen LogP contribution in [0.5, 0.6) is 5.75 Å². The van der Waals surface area contributed by atoms with Crippen molar-refractivity contribution in [3.8, 4) is 5.75 Å². The van der Waals surface area contributed by atoms with Gasteiger partial charge in [0, 0.05) is 11.6 Å². The standard InChI is InChI=1S/C17H23N5O2/c1-12(2)22-16(19-20-21-22)11-24-15-9-5-6-13(10-15)17(23)18-14-7-3-4-8-14/h5-6,9-10,12,14H,3-4,7-8,11H2,1-2H3,(H,18,23). The first-order chi connectivity index (χ1) is 11.6. The highest BCUT2D eigenvalue weighted by Gasteiger charge is 2.18. The number of carbonyl (C=O) groups is 1. The number of rotatable bonds is 6. The van der Waals surface area contributed by atoms with Crippen LogP contribution in [-0.4, -0.2) is 32.2 Å². The Balaban J connectivity index is 1.62. The van der Waals surface area contributed by atoms with Crippen molar-refractivity contribution in [3.05, 3.63) is 35.7 Å². The van der Waals surface area contributed by atoms with Gasteiger partial charge in [-0.3, -0.25) is 4.79 Å². The predicted molar refractivity (Wildman–Crippen MR) is 88.7 cm³/mol. The lowest BCUT2D eigenvalue weighted by Gasteiger charge is -2.13. The van der Waals surface area contributed by atoms with E-state index < -0.39 is 0 Å². The molecule has 1 aromatic heterocycles. The van der Waals surface area contributed by atoms with Crippen LogP contribution in [0, 0.1) is 0 Å². The van der Waals surface area contributed by atoms with Gasteiger partial charge in [0.2, 0.25) is 0 Å². The summed E-state index contributed by atoms with van der Waals surface area (Å²) in [5.74, 6) is 1.25. The Morgan fingerprint density at radius 2 is 2.17 bits per heavy atom. The van der Waals surface area contributed by atoms with E-state index in [2.05, 4.69) is 20.8 Å². The zero-order chi connectivity index (χ0) is 16.9. The monoisotopic (exact) mass is 329 g/mol. The normalized spacial score (nSPS) is 15.0. The third kappa shape index (κ3) is 3.90. The smallest absolute Gasteiger partial charge is 0.251 e. The first-order valence-corrected chi connectivity index (χ1v) is 8.44. The summed E-state index contributed by atoms with van der Waals surface area (Å²) in [7, 11) is 0. The predicted octanol–water partition coefficient (Wildman–Crippen LogP) is 2.51. The Morgan fingerprint density at radius 3 is 2.92 bits per heavy atom. The molecule has 1 aliphatic carbocycles. The van der Waals surface area contributed by atoms with Crippen LogP contribution < -0.4 is 10.1 Å². The van der Waals surface area contributed by atoms with E-state index in [-0.39, 0.29) is 18.6 Å². The maximum Gasteiger partial charge on any atom is 0.251 e. The molecule has 24 heavy (non-hydrogen) atoms. The Kier molecular flexibility index (Phi) is 5.08. The van der Waals surface area contributed by atoms with Gasteiger partial charge in [-0.05, 0) is 55.3 Å². The zero-order valence-corrected chi connectivity index (χ0v) is 14.1. The summed E-state index contributed by atoms with van der Waals surface area (Å²) in [5, 5.41) is 14.7. The minimum atomic E-state index is -0.0423. The average molecular weight is 329 g/mol. The van der Waals surface area contributed by atoms with Gasteiger partial charge in [-0.15, -0.1) is 5.10 Å². The summed E-state index contributed by atoms with van der Waals surface area (Å²) < 4.78 is 7.48. The second-order valence-corrected chi connectivity index (χ2v) is 6.40. The third-order valence-electron chi connectivity index (χ3n) is 4.20. The summed E-state index contributed by atoms with van der Waals surface area (Å²) in [4.78, 5) is 12.3. The van der Waals surface area contributed by atoms with Crippen LogP contribution >= 0.6 is 0 Å². The highest BCUT2D eigenvalue weighted by molar-refractivity contribution is 5.94. The molecule has 1 amide bonds. The molecule has 0 bridgehead atoms. The van der Waals surface area contributed by atoms with Crippen LogP contribution in [0.3, 0.4) is 0 Å². The number of benzene rings is 1. The topological polar surface area (TPSA) is 81.9 Å². The van der Waals surface area contributed by atoms with Gasteiger partial charge in [-0.1, -0.05) is 18.9 Å².